The largest absolute Gasteiger partial charge is 0.339 e. The fraction of sp³-hybridized carbons (Fsp3) is 0.348. The van der Waals surface area contributed by atoms with E-state index in [1.165, 1.54) is 24.3 Å². The Labute approximate surface area is 196 Å². The average Bonchev–Trinajstić information content (AvgIpc) is 3.60. The first-order valence-electron chi connectivity index (χ1n) is 10.9. The van der Waals surface area contributed by atoms with Crippen molar-refractivity contribution in [3.05, 3.63) is 58.1 Å². The Morgan fingerprint density at radius 3 is 2.42 bits per heavy atom. The predicted molar refractivity (Wildman–Crippen MR) is 122 cm³/mol. The van der Waals surface area contributed by atoms with Crippen LogP contribution in [0.5, 0.6) is 0 Å². The van der Waals surface area contributed by atoms with Crippen LogP contribution < -0.4 is 5.32 Å². The Morgan fingerprint density at radius 1 is 1.00 bits per heavy atom. The molecule has 1 N–H and O–H groups in total. The van der Waals surface area contributed by atoms with Crippen molar-refractivity contribution >= 4 is 45.0 Å². The summed E-state index contributed by atoms with van der Waals surface area (Å²) >= 11 is 6.12. The van der Waals surface area contributed by atoms with E-state index in [4.69, 9.17) is 11.6 Å². The van der Waals surface area contributed by atoms with Crippen molar-refractivity contribution in [1.29, 1.82) is 0 Å². The molecule has 172 valence electrons. The van der Waals surface area contributed by atoms with E-state index in [1.54, 1.807) is 17.0 Å². The molecule has 2 aromatic rings. The Balaban J connectivity index is 1.43. The second kappa shape index (κ2) is 8.14. The van der Waals surface area contributed by atoms with Gasteiger partial charge in [0.15, 0.2) is 0 Å². The van der Waals surface area contributed by atoms with Crippen molar-refractivity contribution in [3.63, 3.8) is 0 Å². The maximum Gasteiger partial charge on any atom is 0.269 e. The molecule has 0 spiro atoms. The molecule has 2 fully saturated rings. The molecule has 0 unspecified atom stereocenters. The molecule has 1 aliphatic carbocycles. The lowest BCUT2D eigenvalue weighted by molar-refractivity contribution is 0.0725. The summed E-state index contributed by atoms with van der Waals surface area (Å²) in [6.45, 7) is 1.31. The summed E-state index contributed by atoms with van der Waals surface area (Å²) in [5.41, 5.74) is 0.710. The number of anilines is 1. The summed E-state index contributed by atoms with van der Waals surface area (Å²) in [5, 5.41) is 3.05. The highest BCUT2D eigenvalue weighted by Gasteiger charge is 2.48. The number of likely N-dealkylation sites (tertiary alicyclic amines) is 1. The van der Waals surface area contributed by atoms with Gasteiger partial charge in [-0.3, -0.25) is 14.4 Å². The van der Waals surface area contributed by atoms with E-state index >= 15 is 0 Å². The Kier molecular flexibility index (Phi) is 5.41. The van der Waals surface area contributed by atoms with Crippen molar-refractivity contribution in [2.24, 2.45) is 0 Å². The zero-order valence-corrected chi connectivity index (χ0v) is 19.3. The molecule has 0 atom stereocenters. The summed E-state index contributed by atoms with van der Waals surface area (Å²) in [7, 11) is -3.98. The van der Waals surface area contributed by atoms with Crippen molar-refractivity contribution in [1.82, 2.24) is 9.21 Å². The average molecular weight is 488 g/mol. The van der Waals surface area contributed by atoms with Gasteiger partial charge in [-0.15, -0.1) is 0 Å². The number of rotatable bonds is 4. The van der Waals surface area contributed by atoms with Crippen molar-refractivity contribution < 1.29 is 22.8 Å². The number of carbonyl (C=O) groups excluding carboxylic acids is 3. The van der Waals surface area contributed by atoms with Gasteiger partial charge in [0, 0.05) is 29.7 Å². The normalized spacial score (nSPS) is 19.4. The lowest BCUT2D eigenvalue weighted by Gasteiger charge is -2.27. The molecule has 1 saturated carbocycles. The number of amides is 3. The van der Waals surface area contributed by atoms with E-state index in [0.717, 1.165) is 23.6 Å². The zero-order valence-electron chi connectivity index (χ0n) is 17.7. The number of halogens is 1. The second-order valence-corrected chi connectivity index (χ2v) is 10.8. The molecular formula is C23H22ClN3O5S. The number of carbonyl (C=O) groups is 3. The molecule has 0 radical (unpaired) electrons. The lowest BCUT2D eigenvalue weighted by Crippen LogP contribution is -2.36. The maximum atomic E-state index is 13.0. The standard InChI is InChI=1S/C23H22ClN3O5S/c24-15-5-9-17(22(29)26-10-2-1-3-11-26)19(13-15)25-21(28)14-4-8-18-20(12-14)33(31,32)27(23(18)30)16-6-7-16/h4-5,8-9,12-13,16H,1-3,6-7,10-11H2,(H,25,28). The van der Waals surface area contributed by atoms with Gasteiger partial charge < -0.3 is 10.2 Å². The van der Waals surface area contributed by atoms with Gasteiger partial charge in [0.05, 0.1) is 16.8 Å². The number of fused-ring (bicyclic) bond motifs is 1. The molecule has 2 heterocycles. The van der Waals surface area contributed by atoms with E-state index in [9.17, 15) is 22.8 Å². The van der Waals surface area contributed by atoms with E-state index in [2.05, 4.69) is 5.32 Å². The Morgan fingerprint density at radius 2 is 1.73 bits per heavy atom. The van der Waals surface area contributed by atoms with Crippen LogP contribution in [0, 0.1) is 0 Å². The molecule has 33 heavy (non-hydrogen) atoms. The first-order valence-corrected chi connectivity index (χ1v) is 12.7. The van der Waals surface area contributed by atoms with E-state index in [0.29, 0.717) is 36.5 Å². The van der Waals surface area contributed by atoms with Crippen LogP contribution in [0.3, 0.4) is 0 Å². The Bertz CT molecular complexity index is 1280. The van der Waals surface area contributed by atoms with Gasteiger partial charge in [0.25, 0.3) is 27.7 Å². The van der Waals surface area contributed by atoms with Gasteiger partial charge in [-0.25, -0.2) is 12.7 Å². The molecule has 0 bridgehead atoms. The molecule has 1 saturated heterocycles. The third kappa shape index (κ3) is 3.89. The van der Waals surface area contributed by atoms with Crippen LogP contribution in [0.4, 0.5) is 5.69 Å². The van der Waals surface area contributed by atoms with Gasteiger partial charge in [-0.2, -0.15) is 0 Å². The van der Waals surface area contributed by atoms with E-state index in [1.807, 2.05) is 0 Å². The minimum Gasteiger partial charge on any atom is -0.339 e. The number of hydrogen-bond donors (Lipinski definition) is 1. The number of piperidine rings is 1. The summed E-state index contributed by atoms with van der Waals surface area (Å²) in [6, 6.07) is 8.36. The quantitative estimate of drug-likeness (QED) is 0.710. The van der Waals surface area contributed by atoms with E-state index in [-0.39, 0.29) is 33.7 Å². The first kappa shape index (κ1) is 21.9. The highest BCUT2D eigenvalue weighted by atomic mass is 35.5. The topological polar surface area (TPSA) is 104 Å². The second-order valence-electron chi connectivity index (χ2n) is 8.55. The van der Waals surface area contributed by atoms with Gasteiger partial charge in [-0.05, 0) is 68.5 Å². The minimum atomic E-state index is -3.98. The molecule has 8 nitrogen and oxygen atoms in total. The molecule has 2 aromatic carbocycles. The predicted octanol–water partition coefficient (Wildman–Crippen LogP) is 3.53. The highest BCUT2D eigenvalue weighted by molar-refractivity contribution is 7.90. The van der Waals surface area contributed by atoms with Crippen LogP contribution in [0.15, 0.2) is 41.3 Å². The van der Waals surface area contributed by atoms with Crippen LogP contribution >= 0.6 is 11.6 Å². The van der Waals surface area contributed by atoms with Crippen LogP contribution in [0.2, 0.25) is 5.02 Å². The molecular weight excluding hydrogens is 466 g/mol. The summed E-state index contributed by atoms with van der Waals surface area (Å²) in [5.74, 6) is -1.34. The summed E-state index contributed by atoms with van der Waals surface area (Å²) in [6.07, 6.45) is 4.24. The van der Waals surface area contributed by atoms with E-state index < -0.39 is 21.8 Å². The molecule has 5 rings (SSSR count). The number of hydrogen-bond acceptors (Lipinski definition) is 5. The van der Waals surface area contributed by atoms with Crippen LogP contribution in [-0.2, 0) is 10.0 Å². The smallest absolute Gasteiger partial charge is 0.269 e. The molecule has 2 aliphatic heterocycles. The molecule has 3 amide bonds. The van der Waals surface area contributed by atoms with Crippen molar-refractivity contribution in [3.8, 4) is 0 Å². The fourth-order valence-electron chi connectivity index (χ4n) is 4.33. The third-order valence-electron chi connectivity index (χ3n) is 6.19. The Hall–Kier alpha value is -2.91. The monoisotopic (exact) mass is 487 g/mol. The highest BCUT2D eigenvalue weighted by Crippen LogP contribution is 2.39. The summed E-state index contributed by atoms with van der Waals surface area (Å²) in [4.78, 5) is 40.2. The van der Waals surface area contributed by atoms with Crippen molar-refractivity contribution in [2.75, 3.05) is 18.4 Å². The molecule has 0 aromatic heterocycles. The van der Waals surface area contributed by atoms with Crippen LogP contribution in [-0.4, -0.2) is 54.5 Å². The minimum absolute atomic E-state index is 0.0686. The number of benzene rings is 2. The number of sulfonamides is 1. The van der Waals surface area contributed by atoms with Crippen LogP contribution in [0.25, 0.3) is 0 Å². The van der Waals surface area contributed by atoms with Gasteiger partial charge in [0.1, 0.15) is 4.90 Å². The molecule has 3 aliphatic rings. The van der Waals surface area contributed by atoms with Crippen LogP contribution in [0.1, 0.15) is 63.2 Å². The fourth-order valence-corrected chi connectivity index (χ4v) is 6.34. The summed E-state index contributed by atoms with van der Waals surface area (Å²) < 4.78 is 26.7. The maximum absolute atomic E-state index is 13.0. The SMILES string of the molecule is O=C(Nc1cc(Cl)ccc1C(=O)N1CCCCC1)c1ccc2c(c1)S(=O)(=O)N(C1CC1)C2=O. The molecule has 10 heteroatoms. The third-order valence-corrected chi connectivity index (χ3v) is 8.30. The lowest BCUT2D eigenvalue weighted by atomic mass is 10.1. The zero-order chi connectivity index (χ0) is 23.3. The first-order chi connectivity index (χ1) is 15.8. The number of nitrogens with zero attached hydrogens (tertiary/aromatic N) is 2. The van der Waals surface area contributed by atoms with Gasteiger partial charge in [-0.1, -0.05) is 11.6 Å². The van der Waals surface area contributed by atoms with Gasteiger partial charge >= 0.3 is 0 Å². The van der Waals surface area contributed by atoms with Gasteiger partial charge in [0.2, 0.25) is 0 Å². The van der Waals surface area contributed by atoms with Crippen molar-refractivity contribution in [2.45, 2.75) is 43.0 Å². The number of nitrogens with one attached hydrogen (secondary N) is 1.